The van der Waals surface area contributed by atoms with Crippen LogP contribution in [-0.4, -0.2) is 39.2 Å². The molecule has 222 valence electrons. The van der Waals surface area contributed by atoms with Crippen molar-refractivity contribution in [3.05, 3.63) is 46.8 Å². The lowest BCUT2D eigenvalue weighted by atomic mass is 9.99. The van der Waals surface area contributed by atoms with Gasteiger partial charge in [-0.2, -0.15) is 0 Å². The molecule has 0 bridgehead atoms. The van der Waals surface area contributed by atoms with Gasteiger partial charge in [0.1, 0.15) is 23.9 Å². The molecule has 8 heteroatoms. The van der Waals surface area contributed by atoms with Crippen molar-refractivity contribution in [2.24, 2.45) is 0 Å². The number of hydrogen-bond donors (Lipinski definition) is 0. The molecule has 1 aliphatic rings. The second kappa shape index (κ2) is 14.8. The van der Waals surface area contributed by atoms with Crippen molar-refractivity contribution in [1.82, 2.24) is 14.5 Å². The first kappa shape index (κ1) is 33.5. The summed E-state index contributed by atoms with van der Waals surface area (Å²) >= 11 is 0. The summed E-state index contributed by atoms with van der Waals surface area (Å²) in [5.41, 5.74) is 4.27. The molecular formula is C33H46N4O4. The van der Waals surface area contributed by atoms with Crippen molar-refractivity contribution in [2.75, 3.05) is 12.0 Å². The Kier molecular flexibility index (Phi) is 12.1. The zero-order valence-electron chi connectivity index (χ0n) is 26.6. The molecule has 1 aliphatic carbocycles. The molecule has 1 amide bonds. The Bertz CT molecular complexity index is 1420. The SMILES string of the molecule is CC.CC.CCC#CC(=O)N(c1ccc2c(n1)nc(COC)n2C(=O)OC(C)(C)C)c1cc(C)c(C)cc1C1CC1. The Morgan fingerprint density at radius 1 is 1.05 bits per heavy atom. The first-order valence-electron chi connectivity index (χ1n) is 14.6. The molecule has 0 radical (unpaired) electrons. The number of aryl methyl sites for hydroxylation is 2. The lowest BCUT2D eigenvalue weighted by molar-refractivity contribution is -0.112. The minimum absolute atomic E-state index is 0.0958. The van der Waals surface area contributed by atoms with Crippen LogP contribution < -0.4 is 4.90 Å². The maximum atomic E-state index is 13.5. The standard InChI is InChI=1S/C29H34N4O4.2C2H6/c1-8-9-10-26(34)32(23-16-19(3)18(2)15-21(23)20-11-12-20)24-14-13-22-27(30-24)31-25(17-36-7)33(22)28(35)37-29(4,5)6;2*1-2/h13-16,20H,8,11-12,17H2,1-7H3;2*1-2H3. The molecule has 0 atom stereocenters. The molecule has 41 heavy (non-hydrogen) atoms. The molecule has 1 aromatic carbocycles. The Morgan fingerprint density at radius 2 is 1.68 bits per heavy atom. The van der Waals surface area contributed by atoms with E-state index in [1.165, 1.54) is 17.2 Å². The fourth-order valence-corrected chi connectivity index (χ4v) is 4.16. The van der Waals surface area contributed by atoms with E-state index in [1.54, 1.807) is 37.8 Å². The second-order valence-electron chi connectivity index (χ2n) is 10.4. The minimum atomic E-state index is -0.685. The van der Waals surface area contributed by atoms with Crippen LogP contribution in [-0.2, 0) is 20.9 Å². The predicted octanol–water partition coefficient (Wildman–Crippen LogP) is 7.99. The highest BCUT2D eigenvalue weighted by molar-refractivity contribution is 6.11. The van der Waals surface area contributed by atoms with Crippen LogP contribution in [0.25, 0.3) is 11.2 Å². The van der Waals surface area contributed by atoms with E-state index >= 15 is 0 Å². The van der Waals surface area contributed by atoms with Gasteiger partial charge in [-0.1, -0.05) is 46.6 Å². The number of fused-ring (bicyclic) bond motifs is 1. The topological polar surface area (TPSA) is 86.6 Å². The van der Waals surface area contributed by atoms with Gasteiger partial charge in [-0.25, -0.2) is 19.3 Å². The molecule has 8 nitrogen and oxygen atoms in total. The number of nitrogens with zero attached hydrogens (tertiary/aromatic N) is 4. The third-order valence-electron chi connectivity index (χ3n) is 6.13. The highest BCUT2D eigenvalue weighted by Gasteiger charge is 2.32. The monoisotopic (exact) mass is 562 g/mol. The van der Waals surface area contributed by atoms with Crippen LogP contribution >= 0.6 is 0 Å². The van der Waals surface area contributed by atoms with Gasteiger partial charge < -0.3 is 9.47 Å². The summed E-state index contributed by atoms with van der Waals surface area (Å²) < 4.78 is 12.2. The number of amides is 1. The Labute approximate surface area is 245 Å². The predicted molar refractivity (Wildman–Crippen MR) is 166 cm³/mol. The van der Waals surface area contributed by atoms with Crippen LogP contribution in [0.15, 0.2) is 24.3 Å². The molecule has 0 N–H and O–H groups in total. The van der Waals surface area contributed by atoms with Crippen molar-refractivity contribution in [2.45, 2.75) is 107 Å². The van der Waals surface area contributed by atoms with E-state index in [4.69, 9.17) is 14.5 Å². The maximum Gasteiger partial charge on any atom is 0.420 e. The molecule has 1 saturated carbocycles. The number of imidazole rings is 1. The van der Waals surface area contributed by atoms with Gasteiger partial charge in [0, 0.05) is 13.5 Å². The molecule has 0 saturated heterocycles. The number of aromatic nitrogens is 3. The molecule has 3 aromatic rings. The first-order chi connectivity index (χ1) is 19.5. The quantitative estimate of drug-likeness (QED) is 0.293. The van der Waals surface area contributed by atoms with Gasteiger partial charge in [0.05, 0.1) is 11.2 Å². The summed E-state index contributed by atoms with van der Waals surface area (Å²) in [5, 5.41) is 0. The molecule has 4 rings (SSSR count). The summed E-state index contributed by atoms with van der Waals surface area (Å²) in [7, 11) is 1.53. The van der Waals surface area contributed by atoms with E-state index in [0.717, 1.165) is 29.7 Å². The van der Waals surface area contributed by atoms with Crippen LogP contribution in [0.1, 0.15) is 103 Å². The maximum absolute atomic E-state index is 13.5. The van der Waals surface area contributed by atoms with Crippen LogP contribution in [0.3, 0.4) is 0 Å². The summed E-state index contributed by atoms with van der Waals surface area (Å²) in [6, 6.07) is 7.66. The molecular weight excluding hydrogens is 516 g/mol. The number of ether oxygens (including phenoxy) is 2. The number of benzene rings is 1. The molecule has 0 spiro atoms. The zero-order chi connectivity index (χ0) is 30.9. The highest BCUT2D eigenvalue weighted by Crippen LogP contribution is 2.46. The summed E-state index contributed by atoms with van der Waals surface area (Å²) in [6.07, 6.45) is 2.18. The fraction of sp³-hybridized carbons (Fsp3) is 0.515. The molecule has 1 fully saturated rings. The average Bonchev–Trinajstić information content (AvgIpc) is 3.71. The number of methoxy groups -OCH3 is 1. The van der Waals surface area contributed by atoms with Crippen LogP contribution in [0.5, 0.6) is 0 Å². The third-order valence-corrected chi connectivity index (χ3v) is 6.13. The van der Waals surface area contributed by atoms with E-state index < -0.39 is 11.7 Å². The number of carbonyl (C=O) groups excluding carboxylic acids is 2. The van der Waals surface area contributed by atoms with Crippen LogP contribution in [0, 0.1) is 25.7 Å². The summed E-state index contributed by atoms with van der Waals surface area (Å²) in [4.78, 5) is 37.4. The zero-order valence-corrected chi connectivity index (χ0v) is 26.6. The lowest BCUT2D eigenvalue weighted by Crippen LogP contribution is -2.28. The van der Waals surface area contributed by atoms with Crippen LogP contribution in [0.2, 0.25) is 0 Å². The number of anilines is 2. The van der Waals surface area contributed by atoms with Gasteiger partial charge in [-0.05, 0) is 94.2 Å². The van der Waals surface area contributed by atoms with Gasteiger partial charge in [0.15, 0.2) is 5.65 Å². The van der Waals surface area contributed by atoms with Gasteiger partial charge >= 0.3 is 12.0 Å². The van der Waals surface area contributed by atoms with E-state index in [-0.39, 0.29) is 12.5 Å². The Morgan fingerprint density at radius 3 is 2.24 bits per heavy atom. The smallest absolute Gasteiger partial charge is 0.420 e. The normalized spacial score (nSPS) is 12.3. The number of pyridine rings is 1. The lowest BCUT2D eigenvalue weighted by Gasteiger charge is -2.24. The average molecular weight is 563 g/mol. The molecule has 2 aromatic heterocycles. The summed E-state index contributed by atoms with van der Waals surface area (Å²) in [5.74, 6) is 6.46. The van der Waals surface area contributed by atoms with E-state index in [9.17, 15) is 9.59 Å². The molecule has 0 unspecified atom stereocenters. The number of carbonyl (C=O) groups is 2. The van der Waals surface area contributed by atoms with E-state index in [2.05, 4.69) is 29.8 Å². The van der Waals surface area contributed by atoms with E-state index in [1.807, 2.05) is 47.6 Å². The van der Waals surface area contributed by atoms with Gasteiger partial charge in [0.2, 0.25) is 0 Å². The van der Waals surface area contributed by atoms with Gasteiger partial charge in [-0.15, -0.1) is 0 Å². The number of hydrogen-bond acceptors (Lipinski definition) is 6. The van der Waals surface area contributed by atoms with Crippen LogP contribution in [0.4, 0.5) is 16.3 Å². The minimum Gasteiger partial charge on any atom is -0.443 e. The highest BCUT2D eigenvalue weighted by atomic mass is 16.6. The second-order valence-corrected chi connectivity index (χ2v) is 10.4. The Hall–Kier alpha value is -3.70. The summed E-state index contributed by atoms with van der Waals surface area (Å²) in [6.45, 7) is 19.5. The van der Waals surface area contributed by atoms with Gasteiger partial charge in [0.25, 0.3) is 0 Å². The van der Waals surface area contributed by atoms with E-state index in [0.29, 0.717) is 35.1 Å². The van der Waals surface area contributed by atoms with Gasteiger partial charge in [-0.3, -0.25) is 9.69 Å². The van der Waals surface area contributed by atoms with Crippen molar-refractivity contribution in [3.63, 3.8) is 0 Å². The molecule has 0 aliphatic heterocycles. The van der Waals surface area contributed by atoms with Crippen molar-refractivity contribution in [1.29, 1.82) is 0 Å². The first-order valence-corrected chi connectivity index (χ1v) is 14.6. The van der Waals surface area contributed by atoms with Crippen molar-refractivity contribution < 1.29 is 19.1 Å². The fourth-order valence-electron chi connectivity index (χ4n) is 4.16. The molecule has 2 heterocycles. The van der Waals surface area contributed by atoms with Crippen molar-refractivity contribution >= 4 is 34.7 Å². The largest absolute Gasteiger partial charge is 0.443 e. The Balaban J connectivity index is 0.00000141. The van der Waals surface area contributed by atoms with Crippen molar-refractivity contribution in [3.8, 4) is 11.8 Å². The third kappa shape index (κ3) is 8.17. The number of rotatable bonds is 5.